The van der Waals surface area contributed by atoms with Crippen molar-refractivity contribution in [3.05, 3.63) is 61.8 Å². The molecule has 4 rings (SSSR count). The average molecular weight is 525 g/mol. The molecule has 3 heterocycles. The molecule has 192 valence electrons. The standard InChI is InChI=1S/C23H24ClF3N6O3/c1-2-3-5-12-32-19-17(29-21(24)30-19)20(34)33(22(32)35)13-6-4-7-16-28-18(31-36-16)14-8-10-15(11-9-14)23(25,26)27/h8-11H,2-7,12-13H2,1H3,(H,29,30). The molecule has 9 nitrogen and oxygen atoms in total. The number of nitrogens with one attached hydrogen (secondary N) is 1. The normalized spacial score (nSPS) is 12.0. The van der Waals surface area contributed by atoms with Crippen LogP contribution in [-0.4, -0.2) is 29.2 Å². The Bertz CT molecular complexity index is 1450. The number of benzene rings is 1. The smallest absolute Gasteiger partial charge is 0.339 e. The number of H-pyrrole nitrogens is 1. The fraction of sp³-hybridized carbons (Fsp3) is 0.435. The molecule has 0 saturated carbocycles. The summed E-state index contributed by atoms with van der Waals surface area (Å²) in [6.45, 7) is 2.66. The highest BCUT2D eigenvalue weighted by atomic mass is 35.5. The largest absolute Gasteiger partial charge is 0.416 e. The topological polar surface area (TPSA) is 112 Å². The molecule has 0 fully saturated rings. The minimum absolute atomic E-state index is 0.0451. The third-order valence-corrected chi connectivity index (χ3v) is 5.96. The van der Waals surface area contributed by atoms with Crippen LogP contribution < -0.4 is 11.2 Å². The van der Waals surface area contributed by atoms with Gasteiger partial charge in [-0.1, -0.05) is 37.1 Å². The maximum Gasteiger partial charge on any atom is 0.416 e. The zero-order valence-electron chi connectivity index (χ0n) is 19.4. The van der Waals surface area contributed by atoms with Crippen LogP contribution in [0.1, 0.15) is 50.5 Å². The molecule has 4 aromatic rings. The number of alkyl halides is 3. The molecule has 0 bridgehead atoms. The van der Waals surface area contributed by atoms with E-state index in [1.54, 1.807) is 0 Å². The van der Waals surface area contributed by atoms with Crippen LogP contribution in [0.15, 0.2) is 38.4 Å². The summed E-state index contributed by atoms with van der Waals surface area (Å²) in [4.78, 5) is 37.0. The zero-order valence-corrected chi connectivity index (χ0v) is 20.2. The summed E-state index contributed by atoms with van der Waals surface area (Å²) in [5, 5.41) is 3.87. The van der Waals surface area contributed by atoms with Crippen molar-refractivity contribution in [2.45, 2.75) is 64.7 Å². The molecular formula is C23H24ClF3N6O3. The van der Waals surface area contributed by atoms with Crippen LogP contribution in [0.5, 0.6) is 0 Å². The van der Waals surface area contributed by atoms with Gasteiger partial charge in [0.25, 0.3) is 5.56 Å². The first-order valence-electron chi connectivity index (χ1n) is 11.6. The molecule has 1 N–H and O–H groups in total. The number of aromatic nitrogens is 6. The number of fused-ring (bicyclic) bond motifs is 1. The van der Waals surface area contributed by atoms with Crippen molar-refractivity contribution >= 4 is 22.8 Å². The van der Waals surface area contributed by atoms with E-state index in [2.05, 4.69) is 27.0 Å². The van der Waals surface area contributed by atoms with E-state index in [-0.39, 0.29) is 28.8 Å². The number of imidazole rings is 1. The van der Waals surface area contributed by atoms with Crippen molar-refractivity contribution in [2.24, 2.45) is 0 Å². The fourth-order valence-electron chi connectivity index (χ4n) is 3.89. The van der Waals surface area contributed by atoms with Gasteiger partial charge >= 0.3 is 11.9 Å². The summed E-state index contributed by atoms with van der Waals surface area (Å²) in [5.74, 6) is 0.497. The molecule has 0 amide bonds. The second kappa shape index (κ2) is 10.7. The Balaban J connectivity index is 1.42. The van der Waals surface area contributed by atoms with E-state index >= 15 is 0 Å². The minimum Gasteiger partial charge on any atom is -0.339 e. The van der Waals surface area contributed by atoms with Crippen LogP contribution in [0.25, 0.3) is 22.6 Å². The van der Waals surface area contributed by atoms with Gasteiger partial charge < -0.3 is 9.51 Å². The van der Waals surface area contributed by atoms with Gasteiger partial charge in [-0.05, 0) is 43.0 Å². The maximum absolute atomic E-state index is 13.0. The fourth-order valence-corrected chi connectivity index (χ4v) is 4.06. The van der Waals surface area contributed by atoms with E-state index in [9.17, 15) is 22.8 Å². The summed E-state index contributed by atoms with van der Waals surface area (Å²) < 4.78 is 46.1. The quantitative estimate of drug-likeness (QED) is 0.235. The Labute approximate surface area is 207 Å². The lowest BCUT2D eigenvalue weighted by Crippen LogP contribution is -2.40. The van der Waals surface area contributed by atoms with Gasteiger partial charge in [-0.15, -0.1) is 0 Å². The first-order valence-corrected chi connectivity index (χ1v) is 12.0. The Morgan fingerprint density at radius 2 is 1.69 bits per heavy atom. The van der Waals surface area contributed by atoms with Crippen molar-refractivity contribution in [1.29, 1.82) is 0 Å². The molecule has 3 aromatic heterocycles. The predicted octanol–water partition coefficient (Wildman–Crippen LogP) is 4.82. The number of nitrogens with zero attached hydrogens (tertiary/aromatic N) is 5. The number of aryl methyl sites for hydroxylation is 2. The lowest BCUT2D eigenvalue weighted by molar-refractivity contribution is -0.137. The van der Waals surface area contributed by atoms with Crippen molar-refractivity contribution < 1.29 is 17.7 Å². The molecule has 0 atom stereocenters. The molecule has 36 heavy (non-hydrogen) atoms. The van der Waals surface area contributed by atoms with Crippen LogP contribution in [0.3, 0.4) is 0 Å². The summed E-state index contributed by atoms with van der Waals surface area (Å²) in [6.07, 6.45) is -0.333. The molecule has 0 aliphatic rings. The van der Waals surface area contributed by atoms with Crippen molar-refractivity contribution in [1.82, 2.24) is 29.2 Å². The Kier molecular flexibility index (Phi) is 7.62. The summed E-state index contributed by atoms with van der Waals surface area (Å²) in [6, 6.07) is 4.49. The summed E-state index contributed by atoms with van der Waals surface area (Å²) in [7, 11) is 0. The summed E-state index contributed by atoms with van der Waals surface area (Å²) in [5.41, 5.74) is -0.833. The number of hydrogen-bond donors (Lipinski definition) is 1. The second-order valence-electron chi connectivity index (χ2n) is 8.37. The number of rotatable bonds is 10. The van der Waals surface area contributed by atoms with Crippen LogP contribution in [0, 0.1) is 0 Å². The molecule has 0 unspecified atom stereocenters. The first-order chi connectivity index (χ1) is 17.2. The predicted molar refractivity (Wildman–Crippen MR) is 127 cm³/mol. The monoisotopic (exact) mass is 524 g/mol. The number of hydrogen-bond acceptors (Lipinski definition) is 6. The van der Waals surface area contributed by atoms with E-state index in [4.69, 9.17) is 16.1 Å². The lowest BCUT2D eigenvalue weighted by atomic mass is 10.1. The first kappa shape index (κ1) is 25.7. The van der Waals surface area contributed by atoms with E-state index < -0.39 is 23.0 Å². The third-order valence-electron chi connectivity index (χ3n) is 5.78. The molecule has 0 aliphatic carbocycles. The lowest BCUT2D eigenvalue weighted by Gasteiger charge is -2.11. The molecule has 0 radical (unpaired) electrons. The van der Waals surface area contributed by atoms with Crippen molar-refractivity contribution in [2.75, 3.05) is 0 Å². The Hall–Kier alpha value is -3.41. The van der Waals surface area contributed by atoms with Crippen LogP contribution in [-0.2, 0) is 25.7 Å². The van der Waals surface area contributed by atoms with Gasteiger partial charge in [-0.3, -0.25) is 13.9 Å². The summed E-state index contributed by atoms with van der Waals surface area (Å²) >= 11 is 5.96. The number of halogens is 4. The molecule has 0 saturated heterocycles. The molecule has 0 aliphatic heterocycles. The number of unbranched alkanes of at least 4 members (excludes halogenated alkanes) is 3. The SMILES string of the molecule is CCCCCn1c(=O)n(CCCCc2nc(-c3ccc(C(F)(F)F)cc3)no2)c(=O)c2[nH]c(Cl)nc21. The zero-order chi connectivity index (χ0) is 25.9. The second-order valence-corrected chi connectivity index (χ2v) is 8.73. The van der Waals surface area contributed by atoms with E-state index in [1.165, 1.54) is 21.3 Å². The number of aromatic amines is 1. The van der Waals surface area contributed by atoms with Gasteiger partial charge in [0.15, 0.2) is 11.2 Å². The van der Waals surface area contributed by atoms with Crippen molar-refractivity contribution in [3.63, 3.8) is 0 Å². The van der Waals surface area contributed by atoms with Gasteiger partial charge in [0.05, 0.1) is 5.56 Å². The minimum atomic E-state index is -4.42. The van der Waals surface area contributed by atoms with Crippen LogP contribution in [0.4, 0.5) is 13.2 Å². The van der Waals surface area contributed by atoms with Gasteiger partial charge in [-0.2, -0.15) is 23.1 Å². The van der Waals surface area contributed by atoms with Crippen molar-refractivity contribution in [3.8, 4) is 11.4 Å². The van der Waals surface area contributed by atoms with E-state index in [0.29, 0.717) is 37.3 Å². The maximum atomic E-state index is 13.0. The van der Waals surface area contributed by atoms with Gasteiger partial charge in [0, 0.05) is 25.1 Å². The molecule has 0 spiro atoms. The highest BCUT2D eigenvalue weighted by Crippen LogP contribution is 2.30. The highest BCUT2D eigenvalue weighted by molar-refractivity contribution is 6.28. The molecule has 1 aromatic carbocycles. The van der Waals surface area contributed by atoms with Gasteiger partial charge in [0.2, 0.25) is 17.0 Å². The van der Waals surface area contributed by atoms with E-state index in [1.807, 2.05) is 0 Å². The average Bonchev–Trinajstić information content (AvgIpc) is 3.47. The van der Waals surface area contributed by atoms with Crippen LogP contribution >= 0.6 is 11.6 Å². The third kappa shape index (κ3) is 5.53. The Morgan fingerprint density at radius 3 is 2.39 bits per heavy atom. The van der Waals surface area contributed by atoms with Crippen LogP contribution in [0.2, 0.25) is 5.28 Å². The highest BCUT2D eigenvalue weighted by Gasteiger charge is 2.30. The molecule has 13 heteroatoms. The van der Waals surface area contributed by atoms with E-state index in [0.717, 1.165) is 31.4 Å². The molecular weight excluding hydrogens is 501 g/mol. The van der Waals surface area contributed by atoms with Gasteiger partial charge in [-0.25, -0.2) is 4.79 Å². The van der Waals surface area contributed by atoms with Gasteiger partial charge in [0.1, 0.15) is 0 Å². The Morgan fingerprint density at radius 1 is 1.00 bits per heavy atom.